The molecule has 2 N–H and O–H groups in total. The van der Waals surface area contributed by atoms with Crippen molar-refractivity contribution < 1.29 is 9.59 Å². The van der Waals surface area contributed by atoms with Gasteiger partial charge in [0.2, 0.25) is 5.91 Å². The van der Waals surface area contributed by atoms with E-state index in [1.165, 1.54) is 0 Å². The van der Waals surface area contributed by atoms with Crippen LogP contribution in [0.2, 0.25) is 0 Å². The number of nitrogens with zero attached hydrogens (tertiary/aromatic N) is 2. The first-order chi connectivity index (χ1) is 11.3. The van der Waals surface area contributed by atoms with Gasteiger partial charge in [0.25, 0.3) is 5.91 Å². The van der Waals surface area contributed by atoms with Gasteiger partial charge in [0.1, 0.15) is 0 Å². The molecular formula is C19H27N3O2. The molecule has 1 unspecified atom stereocenters. The van der Waals surface area contributed by atoms with Gasteiger partial charge in [-0.1, -0.05) is 26.0 Å². The number of hydrogen-bond acceptors (Lipinski definition) is 3. The quantitative estimate of drug-likeness (QED) is 0.925. The first-order valence-corrected chi connectivity index (χ1v) is 8.73. The highest BCUT2D eigenvalue weighted by Crippen LogP contribution is 2.34. The summed E-state index contributed by atoms with van der Waals surface area (Å²) in [6, 6.07) is 7.51. The summed E-state index contributed by atoms with van der Waals surface area (Å²) in [4.78, 5) is 29.0. The molecule has 1 aliphatic carbocycles. The fourth-order valence-electron chi connectivity index (χ4n) is 3.39. The Bertz CT molecular complexity index is 652. The van der Waals surface area contributed by atoms with Crippen LogP contribution in [-0.4, -0.2) is 42.9 Å². The summed E-state index contributed by atoms with van der Waals surface area (Å²) < 4.78 is 0. The molecule has 3 rings (SSSR count). The number of hydrogen-bond donors (Lipinski definition) is 1. The third kappa shape index (κ3) is 3.18. The summed E-state index contributed by atoms with van der Waals surface area (Å²) >= 11 is 0. The minimum atomic E-state index is -0.0986. The Morgan fingerprint density at radius 3 is 2.50 bits per heavy atom. The average Bonchev–Trinajstić information content (AvgIpc) is 3.40. The van der Waals surface area contributed by atoms with Crippen LogP contribution in [0.1, 0.15) is 43.5 Å². The molecule has 1 atom stereocenters. The zero-order valence-corrected chi connectivity index (χ0v) is 14.8. The van der Waals surface area contributed by atoms with E-state index in [2.05, 4.69) is 13.8 Å². The van der Waals surface area contributed by atoms with Crippen molar-refractivity contribution in [2.24, 2.45) is 17.1 Å². The van der Waals surface area contributed by atoms with Crippen molar-refractivity contribution in [2.45, 2.75) is 39.2 Å². The predicted molar refractivity (Wildman–Crippen MR) is 94.9 cm³/mol. The first-order valence-electron chi connectivity index (χ1n) is 8.73. The van der Waals surface area contributed by atoms with Gasteiger partial charge in [-0.25, -0.2) is 0 Å². The molecule has 0 bridgehead atoms. The number of carbonyl (C=O) groups excluding carboxylic acids is 2. The number of benzene rings is 1. The van der Waals surface area contributed by atoms with Crippen molar-refractivity contribution in [3.8, 4) is 0 Å². The summed E-state index contributed by atoms with van der Waals surface area (Å²) in [5.41, 5.74) is 7.38. The summed E-state index contributed by atoms with van der Waals surface area (Å²) in [6.45, 7) is 5.51. The first kappa shape index (κ1) is 17.0. The molecule has 0 spiro atoms. The molecule has 2 amide bonds. The molecule has 130 valence electrons. The zero-order valence-electron chi connectivity index (χ0n) is 14.8. The van der Waals surface area contributed by atoms with Gasteiger partial charge >= 0.3 is 0 Å². The number of carbonyl (C=O) groups is 2. The standard InChI is InChI=1S/C19H27N3O2/c1-19(2)12-22(11-10-16(19)20)18(24)14-6-4-5-7-15(14)21(3)17(23)13-8-9-13/h4-7,13,16H,8-12,20H2,1-3H3. The molecule has 1 aliphatic heterocycles. The summed E-state index contributed by atoms with van der Waals surface area (Å²) in [7, 11) is 1.77. The Labute approximate surface area is 143 Å². The number of amides is 2. The van der Waals surface area contributed by atoms with Gasteiger partial charge in [0.15, 0.2) is 0 Å². The molecule has 24 heavy (non-hydrogen) atoms. The Kier molecular flexibility index (Phi) is 4.38. The topological polar surface area (TPSA) is 66.6 Å². The minimum Gasteiger partial charge on any atom is -0.338 e. The fourth-order valence-corrected chi connectivity index (χ4v) is 3.39. The maximum absolute atomic E-state index is 13.1. The van der Waals surface area contributed by atoms with Crippen molar-refractivity contribution in [2.75, 3.05) is 25.0 Å². The number of piperidine rings is 1. The maximum atomic E-state index is 13.1. The van der Waals surface area contributed by atoms with E-state index in [4.69, 9.17) is 5.73 Å². The molecule has 2 aliphatic rings. The van der Waals surface area contributed by atoms with Crippen LogP contribution >= 0.6 is 0 Å². The third-order valence-corrected chi connectivity index (χ3v) is 5.35. The number of anilines is 1. The third-order valence-electron chi connectivity index (χ3n) is 5.35. The summed E-state index contributed by atoms with van der Waals surface area (Å²) in [5.74, 6) is 0.224. The van der Waals surface area contributed by atoms with Crippen molar-refractivity contribution in [1.82, 2.24) is 4.90 Å². The van der Waals surface area contributed by atoms with Gasteiger partial charge < -0.3 is 15.5 Å². The molecule has 1 saturated carbocycles. The monoisotopic (exact) mass is 329 g/mol. The highest BCUT2D eigenvalue weighted by molar-refractivity contribution is 6.05. The van der Waals surface area contributed by atoms with Crippen molar-refractivity contribution in [1.29, 1.82) is 0 Å². The van der Waals surface area contributed by atoms with Crippen LogP contribution in [0, 0.1) is 11.3 Å². The molecule has 5 nitrogen and oxygen atoms in total. The van der Waals surface area contributed by atoms with E-state index in [-0.39, 0.29) is 29.2 Å². The van der Waals surface area contributed by atoms with Gasteiger partial charge in [-0.2, -0.15) is 0 Å². The summed E-state index contributed by atoms with van der Waals surface area (Å²) in [6.07, 6.45) is 2.72. The molecule has 0 radical (unpaired) electrons. The van der Waals surface area contributed by atoms with Crippen LogP contribution in [0.25, 0.3) is 0 Å². The second-order valence-corrected chi connectivity index (χ2v) is 7.80. The van der Waals surface area contributed by atoms with Crippen LogP contribution in [0.4, 0.5) is 5.69 Å². The smallest absolute Gasteiger partial charge is 0.255 e. The van der Waals surface area contributed by atoms with Crippen molar-refractivity contribution in [3.05, 3.63) is 29.8 Å². The van der Waals surface area contributed by atoms with E-state index in [1.54, 1.807) is 11.9 Å². The fraction of sp³-hybridized carbons (Fsp3) is 0.579. The lowest BCUT2D eigenvalue weighted by atomic mass is 9.79. The van der Waals surface area contributed by atoms with E-state index in [1.807, 2.05) is 29.2 Å². The molecule has 2 fully saturated rings. The molecule has 1 aromatic carbocycles. The van der Waals surface area contributed by atoms with Crippen LogP contribution in [0.3, 0.4) is 0 Å². The highest BCUT2D eigenvalue weighted by atomic mass is 16.2. The van der Waals surface area contributed by atoms with Gasteiger partial charge in [0.05, 0.1) is 11.3 Å². The zero-order chi connectivity index (χ0) is 17.5. The lowest BCUT2D eigenvalue weighted by molar-refractivity contribution is -0.119. The lowest BCUT2D eigenvalue weighted by Gasteiger charge is -2.42. The molecule has 1 heterocycles. The average molecular weight is 329 g/mol. The van der Waals surface area contributed by atoms with Crippen molar-refractivity contribution >= 4 is 17.5 Å². The molecular weight excluding hydrogens is 302 g/mol. The Hall–Kier alpha value is -1.88. The second kappa shape index (κ2) is 6.20. The normalized spacial score (nSPS) is 23.0. The number of rotatable bonds is 3. The molecule has 1 saturated heterocycles. The van der Waals surface area contributed by atoms with E-state index >= 15 is 0 Å². The number of nitrogens with two attached hydrogens (primary N) is 1. The highest BCUT2D eigenvalue weighted by Gasteiger charge is 2.37. The van der Waals surface area contributed by atoms with Gasteiger partial charge in [-0.05, 0) is 36.8 Å². The Morgan fingerprint density at radius 2 is 1.88 bits per heavy atom. The molecule has 0 aromatic heterocycles. The SMILES string of the molecule is CN(C(=O)C1CC1)c1ccccc1C(=O)N1CCC(N)C(C)(C)C1. The van der Waals surface area contributed by atoms with E-state index in [0.29, 0.717) is 24.3 Å². The van der Waals surface area contributed by atoms with Gasteiger partial charge in [-0.15, -0.1) is 0 Å². The van der Waals surface area contributed by atoms with Crippen LogP contribution < -0.4 is 10.6 Å². The minimum absolute atomic E-state index is 0.0129. The number of para-hydroxylation sites is 1. The number of likely N-dealkylation sites (tertiary alicyclic amines) is 1. The van der Waals surface area contributed by atoms with Gasteiger partial charge in [0, 0.05) is 32.1 Å². The maximum Gasteiger partial charge on any atom is 0.255 e. The predicted octanol–water partition coefficient (Wildman–Crippen LogP) is 2.26. The van der Waals surface area contributed by atoms with Crippen LogP contribution in [0.15, 0.2) is 24.3 Å². The van der Waals surface area contributed by atoms with Crippen LogP contribution in [-0.2, 0) is 4.79 Å². The van der Waals surface area contributed by atoms with E-state index in [0.717, 1.165) is 19.3 Å². The summed E-state index contributed by atoms with van der Waals surface area (Å²) in [5, 5.41) is 0. The Morgan fingerprint density at radius 1 is 1.21 bits per heavy atom. The van der Waals surface area contributed by atoms with Crippen LogP contribution in [0.5, 0.6) is 0 Å². The largest absolute Gasteiger partial charge is 0.338 e. The van der Waals surface area contributed by atoms with Crippen molar-refractivity contribution in [3.63, 3.8) is 0 Å². The Balaban J connectivity index is 1.84. The second-order valence-electron chi connectivity index (χ2n) is 7.80. The van der Waals surface area contributed by atoms with E-state index in [9.17, 15) is 9.59 Å². The molecule has 1 aromatic rings. The lowest BCUT2D eigenvalue weighted by Crippen LogP contribution is -2.54. The van der Waals surface area contributed by atoms with Gasteiger partial charge in [-0.3, -0.25) is 9.59 Å². The molecule has 5 heteroatoms. The van der Waals surface area contributed by atoms with E-state index < -0.39 is 0 Å².